The number of amides is 1. The third kappa shape index (κ3) is 2.31. The normalized spacial score (nSPS) is 19.2. The van der Waals surface area contributed by atoms with Crippen LogP contribution in [0, 0.1) is 5.82 Å². The highest BCUT2D eigenvalue weighted by Crippen LogP contribution is 2.26. The van der Waals surface area contributed by atoms with Gasteiger partial charge in [0.2, 0.25) is 5.91 Å². The minimum atomic E-state index is -0.748. The summed E-state index contributed by atoms with van der Waals surface area (Å²) in [7, 11) is 1.18. The smallest absolute Gasteiger partial charge is 0.340 e. The predicted octanol–water partition coefficient (Wildman–Crippen LogP) is 1.96. The van der Waals surface area contributed by atoms with Crippen LogP contribution in [0.1, 0.15) is 16.8 Å². The van der Waals surface area contributed by atoms with Crippen molar-refractivity contribution in [1.82, 2.24) is 0 Å². The van der Waals surface area contributed by atoms with Crippen LogP contribution in [0.4, 0.5) is 10.1 Å². The lowest BCUT2D eigenvalue weighted by atomic mass is 10.2. The lowest BCUT2D eigenvalue weighted by Gasteiger charge is -2.16. The van der Waals surface area contributed by atoms with Crippen molar-refractivity contribution in [3.63, 3.8) is 0 Å². The van der Waals surface area contributed by atoms with Gasteiger partial charge in [-0.2, -0.15) is 0 Å². The maximum absolute atomic E-state index is 13.7. The molecule has 18 heavy (non-hydrogen) atoms. The Balaban J connectivity index is 2.29. The summed E-state index contributed by atoms with van der Waals surface area (Å²) in [6.45, 7) is 0.345. The highest BCUT2D eigenvalue weighted by Gasteiger charge is 2.29. The topological polar surface area (TPSA) is 46.6 Å². The number of methoxy groups -OCH3 is 1. The Hall–Kier alpha value is -1.62. The summed E-state index contributed by atoms with van der Waals surface area (Å²) in [5.41, 5.74) is 0.239. The summed E-state index contributed by atoms with van der Waals surface area (Å²) in [6.07, 6.45) is 0.238. The van der Waals surface area contributed by atoms with E-state index in [9.17, 15) is 14.0 Å². The highest BCUT2D eigenvalue weighted by atomic mass is 35.5. The van der Waals surface area contributed by atoms with E-state index >= 15 is 0 Å². The number of hydrogen-bond donors (Lipinski definition) is 0. The zero-order chi connectivity index (χ0) is 13.3. The Morgan fingerprint density at radius 3 is 2.78 bits per heavy atom. The number of rotatable bonds is 2. The number of nitrogens with zero attached hydrogens (tertiary/aromatic N) is 1. The van der Waals surface area contributed by atoms with Crippen LogP contribution in [0.15, 0.2) is 18.2 Å². The van der Waals surface area contributed by atoms with E-state index in [2.05, 4.69) is 4.74 Å². The molecule has 96 valence electrons. The minimum absolute atomic E-state index is 0.153. The third-order valence-corrected chi connectivity index (χ3v) is 3.04. The molecule has 0 aromatic heterocycles. The Morgan fingerprint density at radius 2 is 2.28 bits per heavy atom. The molecule has 0 N–H and O–H groups in total. The van der Waals surface area contributed by atoms with E-state index in [0.717, 1.165) is 6.07 Å². The van der Waals surface area contributed by atoms with Gasteiger partial charge in [-0.1, -0.05) is 0 Å². The SMILES string of the molecule is COC(=O)c1ccc(N2CC(Cl)CC2=O)cc1F. The average Bonchev–Trinajstić information content (AvgIpc) is 2.67. The molecule has 1 fully saturated rings. The first-order valence-corrected chi connectivity index (χ1v) is 5.79. The van der Waals surface area contributed by atoms with E-state index in [4.69, 9.17) is 11.6 Å². The number of alkyl halides is 1. The van der Waals surface area contributed by atoms with E-state index in [0.29, 0.717) is 12.2 Å². The van der Waals surface area contributed by atoms with E-state index in [1.807, 2.05) is 0 Å². The lowest BCUT2D eigenvalue weighted by Crippen LogP contribution is -2.24. The van der Waals surface area contributed by atoms with Gasteiger partial charge in [-0.05, 0) is 18.2 Å². The third-order valence-electron chi connectivity index (χ3n) is 2.75. The summed E-state index contributed by atoms with van der Waals surface area (Å²) in [5.74, 6) is -1.62. The summed E-state index contributed by atoms with van der Waals surface area (Å²) < 4.78 is 18.1. The van der Waals surface area contributed by atoms with Gasteiger partial charge in [0.05, 0.1) is 18.1 Å². The van der Waals surface area contributed by atoms with Crippen molar-refractivity contribution < 1.29 is 18.7 Å². The second-order valence-electron chi connectivity index (χ2n) is 3.96. The predicted molar refractivity (Wildman–Crippen MR) is 64.4 cm³/mol. The van der Waals surface area contributed by atoms with Crippen molar-refractivity contribution in [2.24, 2.45) is 0 Å². The fourth-order valence-corrected chi connectivity index (χ4v) is 2.13. The molecule has 0 radical (unpaired) electrons. The van der Waals surface area contributed by atoms with Crippen LogP contribution in [-0.2, 0) is 9.53 Å². The molecule has 1 aliphatic rings. The van der Waals surface area contributed by atoms with Crippen molar-refractivity contribution in [1.29, 1.82) is 0 Å². The molecule has 1 amide bonds. The molecule has 1 aromatic rings. The van der Waals surface area contributed by atoms with Crippen LogP contribution in [0.5, 0.6) is 0 Å². The first-order valence-electron chi connectivity index (χ1n) is 5.35. The van der Waals surface area contributed by atoms with Gasteiger partial charge < -0.3 is 9.64 Å². The van der Waals surface area contributed by atoms with Crippen molar-refractivity contribution in [3.05, 3.63) is 29.6 Å². The van der Waals surface area contributed by atoms with Crippen molar-refractivity contribution >= 4 is 29.2 Å². The molecule has 1 atom stereocenters. The van der Waals surface area contributed by atoms with Gasteiger partial charge in [-0.15, -0.1) is 11.6 Å². The van der Waals surface area contributed by atoms with Crippen LogP contribution in [0.2, 0.25) is 0 Å². The molecule has 0 aliphatic carbocycles. The summed E-state index contributed by atoms with van der Waals surface area (Å²) in [4.78, 5) is 24.2. The van der Waals surface area contributed by atoms with E-state index in [1.54, 1.807) is 0 Å². The van der Waals surface area contributed by atoms with Crippen LogP contribution in [-0.4, -0.2) is 30.9 Å². The fourth-order valence-electron chi connectivity index (χ4n) is 1.86. The molecule has 1 aromatic carbocycles. The van der Waals surface area contributed by atoms with Gasteiger partial charge in [0.25, 0.3) is 0 Å². The van der Waals surface area contributed by atoms with Crippen molar-refractivity contribution in [2.45, 2.75) is 11.8 Å². The van der Waals surface area contributed by atoms with Crippen LogP contribution in [0.25, 0.3) is 0 Å². The Labute approximate surface area is 108 Å². The Bertz CT molecular complexity index is 506. The molecular weight excluding hydrogens is 261 g/mol. The molecule has 6 heteroatoms. The minimum Gasteiger partial charge on any atom is -0.465 e. The fraction of sp³-hybridized carbons (Fsp3) is 0.333. The molecule has 0 bridgehead atoms. The van der Waals surface area contributed by atoms with Gasteiger partial charge in [0.15, 0.2) is 0 Å². The monoisotopic (exact) mass is 271 g/mol. The molecule has 0 spiro atoms. The zero-order valence-corrected chi connectivity index (χ0v) is 10.4. The standard InChI is InChI=1S/C12H11ClFNO3/c1-18-12(17)9-3-2-8(5-10(9)14)15-6-7(13)4-11(15)16/h2-3,5,7H,4,6H2,1H3. The van der Waals surface area contributed by atoms with E-state index in [-0.39, 0.29) is 23.3 Å². The Morgan fingerprint density at radius 1 is 1.56 bits per heavy atom. The quantitative estimate of drug-likeness (QED) is 0.610. The molecule has 0 saturated carbocycles. The van der Waals surface area contributed by atoms with E-state index in [1.165, 1.54) is 24.1 Å². The van der Waals surface area contributed by atoms with Crippen molar-refractivity contribution in [3.8, 4) is 0 Å². The summed E-state index contributed by atoms with van der Waals surface area (Å²) >= 11 is 5.87. The molecule has 2 rings (SSSR count). The van der Waals surface area contributed by atoms with Gasteiger partial charge in [-0.25, -0.2) is 9.18 Å². The van der Waals surface area contributed by atoms with Gasteiger partial charge >= 0.3 is 5.97 Å². The Kier molecular flexibility index (Phi) is 3.52. The number of ether oxygens (including phenoxy) is 1. The first-order chi connectivity index (χ1) is 8.52. The lowest BCUT2D eigenvalue weighted by molar-refractivity contribution is -0.117. The van der Waals surface area contributed by atoms with Crippen LogP contribution in [0.3, 0.4) is 0 Å². The first kappa shape index (κ1) is 12.8. The average molecular weight is 272 g/mol. The van der Waals surface area contributed by atoms with Crippen LogP contribution >= 0.6 is 11.6 Å². The van der Waals surface area contributed by atoms with Gasteiger partial charge in [0.1, 0.15) is 5.82 Å². The highest BCUT2D eigenvalue weighted by molar-refractivity contribution is 6.24. The number of anilines is 1. The molecule has 1 aliphatic heterocycles. The number of carbonyl (C=O) groups is 2. The van der Waals surface area contributed by atoms with Crippen molar-refractivity contribution in [2.75, 3.05) is 18.6 Å². The molecular formula is C12H11ClFNO3. The van der Waals surface area contributed by atoms with Gasteiger partial charge in [-0.3, -0.25) is 4.79 Å². The number of carbonyl (C=O) groups excluding carboxylic acids is 2. The number of halogens is 2. The molecule has 1 saturated heterocycles. The molecule has 1 unspecified atom stereocenters. The largest absolute Gasteiger partial charge is 0.465 e. The summed E-state index contributed by atoms with van der Waals surface area (Å²) in [5, 5.41) is -0.263. The second kappa shape index (κ2) is 4.94. The maximum atomic E-state index is 13.7. The second-order valence-corrected chi connectivity index (χ2v) is 4.58. The molecule has 4 nitrogen and oxygen atoms in total. The molecule has 1 heterocycles. The van der Waals surface area contributed by atoms with E-state index < -0.39 is 11.8 Å². The van der Waals surface area contributed by atoms with Gasteiger partial charge in [0, 0.05) is 18.7 Å². The number of esters is 1. The summed E-state index contributed by atoms with van der Waals surface area (Å²) in [6, 6.07) is 3.94. The maximum Gasteiger partial charge on any atom is 0.340 e. The number of hydrogen-bond acceptors (Lipinski definition) is 3. The van der Waals surface area contributed by atoms with Crippen LogP contribution < -0.4 is 4.90 Å². The number of benzene rings is 1. The zero-order valence-electron chi connectivity index (χ0n) is 9.65.